The summed E-state index contributed by atoms with van der Waals surface area (Å²) in [6.07, 6.45) is 11.0. The van der Waals surface area contributed by atoms with E-state index in [4.69, 9.17) is 5.73 Å². The van der Waals surface area contributed by atoms with E-state index >= 15 is 0 Å². The number of alkyl halides is 1. The van der Waals surface area contributed by atoms with Crippen LogP contribution in [0.25, 0.3) is 0 Å². The molecule has 0 aromatic rings. The largest absolute Gasteiger partial charge is 0.330 e. The molecule has 0 aliphatic rings. The van der Waals surface area contributed by atoms with E-state index in [0.29, 0.717) is 5.92 Å². The highest BCUT2D eigenvalue weighted by Crippen LogP contribution is 2.38. The molecule has 0 radical (unpaired) electrons. The molecule has 0 bridgehead atoms. The first-order chi connectivity index (χ1) is 14.4. The molecule has 0 saturated heterocycles. The smallest absolute Gasteiger partial charge is 0.0107 e. The fourth-order valence-electron chi connectivity index (χ4n) is 5.49. The monoisotopic (exact) mass is 549 g/mol. The fraction of sp³-hybridized carbons (Fsp3) is 1.00. The minimum atomic E-state index is 0.650. The van der Waals surface area contributed by atoms with Gasteiger partial charge >= 0.3 is 0 Å². The van der Waals surface area contributed by atoms with E-state index in [1.807, 2.05) is 0 Å². The number of hydrogen-bond acceptors (Lipinski definition) is 1. The number of nitrogens with two attached hydrogens (primary N) is 1. The number of halogens is 1. The molecule has 0 aliphatic carbocycles. The molecule has 0 aromatic carbocycles. The van der Waals surface area contributed by atoms with E-state index < -0.39 is 0 Å². The first kappa shape index (κ1) is 31.7. The lowest BCUT2D eigenvalue weighted by molar-refractivity contribution is 0.162. The van der Waals surface area contributed by atoms with Gasteiger partial charge in [0.25, 0.3) is 0 Å². The van der Waals surface area contributed by atoms with Crippen molar-refractivity contribution in [2.24, 2.45) is 59.0 Å². The van der Waals surface area contributed by atoms with Crippen molar-refractivity contribution in [3.05, 3.63) is 0 Å². The van der Waals surface area contributed by atoms with E-state index in [2.05, 4.69) is 91.8 Å². The van der Waals surface area contributed by atoms with Crippen molar-refractivity contribution < 1.29 is 0 Å². The van der Waals surface area contributed by atoms with Gasteiger partial charge in [-0.1, -0.05) is 111 Å². The molecule has 8 atom stereocenters. The molecule has 2 heteroatoms. The number of rotatable bonds is 18. The van der Waals surface area contributed by atoms with Crippen LogP contribution in [0.3, 0.4) is 0 Å². The molecular weight excluding hydrogens is 489 g/mol. The normalized spacial score (nSPS) is 20.3. The summed E-state index contributed by atoms with van der Waals surface area (Å²) < 4.78 is 0.751. The van der Waals surface area contributed by atoms with Gasteiger partial charge in [0.05, 0.1) is 0 Å². The van der Waals surface area contributed by atoms with Gasteiger partial charge in [-0.25, -0.2) is 0 Å². The van der Waals surface area contributed by atoms with Gasteiger partial charge in [0.1, 0.15) is 0 Å². The van der Waals surface area contributed by atoms with Gasteiger partial charge in [-0.3, -0.25) is 0 Å². The lowest BCUT2D eigenvalue weighted by atomic mass is 9.71. The molecule has 0 rings (SSSR count). The summed E-state index contributed by atoms with van der Waals surface area (Å²) in [4.78, 5) is 0. The number of hydrogen-bond donors (Lipinski definition) is 1. The van der Waals surface area contributed by atoms with Crippen molar-refractivity contribution in [2.45, 2.75) is 125 Å². The third-order valence-electron chi connectivity index (χ3n) is 8.28. The van der Waals surface area contributed by atoms with Gasteiger partial charge in [-0.2, -0.15) is 0 Å². The average molecular weight is 550 g/mol. The van der Waals surface area contributed by atoms with E-state index in [-0.39, 0.29) is 0 Å². The molecule has 188 valence electrons. The van der Waals surface area contributed by atoms with Crippen LogP contribution in [-0.4, -0.2) is 10.5 Å². The molecule has 0 heterocycles. The van der Waals surface area contributed by atoms with Crippen LogP contribution in [-0.2, 0) is 0 Å². The summed E-state index contributed by atoms with van der Waals surface area (Å²) in [5, 5.41) is 0. The molecule has 0 spiro atoms. The average Bonchev–Trinajstić information content (AvgIpc) is 2.69. The van der Waals surface area contributed by atoms with Crippen LogP contribution in [0.5, 0.6) is 0 Å². The predicted octanol–water partition coefficient (Wildman–Crippen LogP) is 9.61. The van der Waals surface area contributed by atoms with Crippen LogP contribution in [0.4, 0.5) is 0 Å². The Hall–Kier alpha value is 0.690. The highest BCUT2D eigenvalue weighted by Gasteiger charge is 2.28. The van der Waals surface area contributed by atoms with Crippen LogP contribution in [0.15, 0.2) is 0 Å². The zero-order valence-corrected chi connectivity index (χ0v) is 25.3. The summed E-state index contributed by atoms with van der Waals surface area (Å²) in [7, 11) is 0. The summed E-state index contributed by atoms with van der Waals surface area (Å²) in [5.74, 6) is 7.34. The summed E-state index contributed by atoms with van der Waals surface area (Å²) in [6, 6.07) is 0. The van der Waals surface area contributed by atoms with Crippen molar-refractivity contribution in [3.63, 3.8) is 0 Å². The Morgan fingerprint density at radius 2 is 1.19 bits per heavy atom. The van der Waals surface area contributed by atoms with Crippen molar-refractivity contribution >= 4 is 22.6 Å². The molecule has 8 unspecified atom stereocenters. The second kappa shape index (κ2) is 17.2. The molecular formula is C29H60IN. The van der Waals surface area contributed by atoms with Crippen LogP contribution in [0.2, 0.25) is 0 Å². The Kier molecular flexibility index (Phi) is 17.6. The predicted molar refractivity (Wildman–Crippen MR) is 152 cm³/mol. The third-order valence-corrected chi connectivity index (χ3v) is 9.51. The minimum Gasteiger partial charge on any atom is -0.330 e. The Labute approximate surface area is 212 Å². The second-order valence-electron chi connectivity index (χ2n) is 12.2. The van der Waals surface area contributed by atoms with Crippen LogP contribution >= 0.6 is 22.6 Å². The summed E-state index contributed by atoms with van der Waals surface area (Å²) in [6.45, 7) is 25.1. The van der Waals surface area contributed by atoms with E-state index in [9.17, 15) is 0 Å². The molecule has 0 aliphatic heterocycles. The molecule has 0 saturated carbocycles. The molecule has 0 amide bonds. The van der Waals surface area contributed by atoms with Crippen LogP contribution in [0.1, 0.15) is 121 Å². The van der Waals surface area contributed by atoms with E-state index in [0.717, 1.165) is 57.8 Å². The second-order valence-corrected chi connectivity index (χ2v) is 14.1. The zero-order valence-electron chi connectivity index (χ0n) is 23.1. The minimum absolute atomic E-state index is 0.650. The van der Waals surface area contributed by atoms with Gasteiger partial charge in [0.2, 0.25) is 0 Å². The van der Waals surface area contributed by atoms with Crippen molar-refractivity contribution in [2.75, 3.05) is 6.54 Å². The van der Waals surface area contributed by atoms with Crippen LogP contribution in [0, 0.1) is 53.3 Å². The molecule has 0 fully saturated rings. The van der Waals surface area contributed by atoms with Crippen molar-refractivity contribution in [1.82, 2.24) is 0 Å². The Balaban J connectivity index is 5.24. The summed E-state index contributed by atoms with van der Waals surface area (Å²) >= 11 is 2.63. The van der Waals surface area contributed by atoms with Gasteiger partial charge in [0.15, 0.2) is 0 Å². The van der Waals surface area contributed by atoms with Gasteiger partial charge in [-0.05, 0) is 91.9 Å². The lowest BCUT2D eigenvalue weighted by Gasteiger charge is -2.35. The highest BCUT2D eigenvalue weighted by atomic mass is 127. The van der Waals surface area contributed by atoms with E-state index in [1.54, 1.807) is 0 Å². The van der Waals surface area contributed by atoms with Gasteiger partial charge in [0, 0.05) is 3.92 Å². The SMILES string of the molecule is CCC(CCC(CC(C)C)C(C)C(C)CCC(C)C)C(CC(C)CN)CC(C)C(C)I. The molecule has 2 N–H and O–H groups in total. The van der Waals surface area contributed by atoms with Crippen molar-refractivity contribution in [3.8, 4) is 0 Å². The maximum atomic E-state index is 6.05. The lowest BCUT2D eigenvalue weighted by Crippen LogP contribution is -2.26. The molecule has 31 heavy (non-hydrogen) atoms. The van der Waals surface area contributed by atoms with Crippen molar-refractivity contribution in [1.29, 1.82) is 0 Å². The maximum absolute atomic E-state index is 6.05. The standard InChI is InChI=1S/C29H60IN/c1-11-27(29(17-22(6)19-31)18-24(8)26(10)30)14-15-28(16-21(4)5)25(9)23(7)13-12-20(2)3/h20-29H,11-19,31H2,1-10H3. The molecule has 1 nitrogen and oxygen atoms in total. The first-order valence-corrected chi connectivity index (χ1v) is 15.0. The van der Waals surface area contributed by atoms with Crippen LogP contribution < -0.4 is 5.73 Å². The summed E-state index contributed by atoms with van der Waals surface area (Å²) in [5.41, 5.74) is 6.05. The zero-order chi connectivity index (χ0) is 24.1. The van der Waals surface area contributed by atoms with E-state index in [1.165, 1.54) is 51.4 Å². The highest BCUT2D eigenvalue weighted by molar-refractivity contribution is 14.1. The quantitative estimate of drug-likeness (QED) is 0.134. The Morgan fingerprint density at radius 3 is 1.65 bits per heavy atom. The first-order valence-electron chi connectivity index (χ1n) is 13.8. The van der Waals surface area contributed by atoms with Gasteiger partial charge < -0.3 is 5.73 Å². The fourth-order valence-corrected chi connectivity index (χ4v) is 5.78. The Bertz CT molecular complexity index is 419. The Morgan fingerprint density at radius 1 is 0.613 bits per heavy atom. The topological polar surface area (TPSA) is 26.0 Å². The molecule has 0 aromatic heterocycles. The third kappa shape index (κ3) is 13.9. The maximum Gasteiger partial charge on any atom is 0.0107 e. The van der Waals surface area contributed by atoms with Gasteiger partial charge in [-0.15, -0.1) is 0 Å².